The fraction of sp³-hybridized carbons (Fsp3) is 0.409. The Hall–Kier alpha value is -2.44. The molecule has 0 amide bonds. The molecule has 0 aliphatic carbocycles. The Labute approximate surface area is 175 Å². The normalized spacial score (nSPS) is 18.1. The predicted molar refractivity (Wildman–Crippen MR) is 111 cm³/mol. The van der Waals surface area contributed by atoms with Gasteiger partial charge < -0.3 is 19.3 Å². The van der Waals surface area contributed by atoms with Crippen molar-refractivity contribution in [3.8, 4) is 17.2 Å². The summed E-state index contributed by atoms with van der Waals surface area (Å²) in [7, 11) is 4.74. The smallest absolute Gasteiger partial charge is 0.307 e. The van der Waals surface area contributed by atoms with Gasteiger partial charge in [-0.25, -0.2) is 0 Å². The highest BCUT2D eigenvalue weighted by atomic mass is 35.5. The number of hydrogen-bond donors (Lipinski definition) is 1. The molecular formula is C22H26ClNO5. The van der Waals surface area contributed by atoms with Crippen LogP contribution >= 0.6 is 11.6 Å². The minimum Gasteiger partial charge on any atom is -0.493 e. The van der Waals surface area contributed by atoms with Gasteiger partial charge in [0.15, 0.2) is 11.5 Å². The van der Waals surface area contributed by atoms with Crippen LogP contribution < -0.4 is 14.2 Å². The van der Waals surface area contributed by atoms with E-state index in [1.54, 1.807) is 21.3 Å². The van der Waals surface area contributed by atoms with Crippen molar-refractivity contribution < 1.29 is 24.1 Å². The molecule has 1 fully saturated rings. The van der Waals surface area contributed by atoms with Crippen LogP contribution in [0.5, 0.6) is 17.2 Å². The first-order chi connectivity index (χ1) is 14.0. The number of carbonyl (C=O) groups is 1. The first kappa shape index (κ1) is 21.3. The molecule has 2 aromatic rings. The number of nitrogens with zero attached hydrogens (tertiary/aromatic N) is 1. The lowest BCUT2D eigenvalue weighted by molar-refractivity contribution is -0.143. The number of carboxylic acids is 1. The molecule has 156 valence electrons. The van der Waals surface area contributed by atoms with E-state index in [-0.39, 0.29) is 6.04 Å². The van der Waals surface area contributed by atoms with Gasteiger partial charge in [-0.2, -0.15) is 0 Å². The average Bonchev–Trinajstić information content (AvgIpc) is 2.73. The van der Waals surface area contributed by atoms with Crippen molar-refractivity contribution in [3.63, 3.8) is 0 Å². The molecule has 7 heteroatoms. The van der Waals surface area contributed by atoms with Gasteiger partial charge in [0.2, 0.25) is 5.75 Å². The first-order valence-corrected chi connectivity index (χ1v) is 9.89. The van der Waals surface area contributed by atoms with Gasteiger partial charge in [0.05, 0.1) is 33.3 Å². The van der Waals surface area contributed by atoms with Crippen molar-refractivity contribution >= 4 is 17.6 Å². The van der Waals surface area contributed by atoms with Crippen LogP contribution in [0.4, 0.5) is 0 Å². The maximum absolute atomic E-state index is 11.6. The van der Waals surface area contributed by atoms with Crippen molar-refractivity contribution in [2.24, 2.45) is 5.92 Å². The summed E-state index contributed by atoms with van der Waals surface area (Å²) in [5, 5.41) is 10.2. The van der Waals surface area contributed by atoms with E-state index in [9.17, 15) is 9.90 Å². The molecule has 2 unspecified atom stereocenters. The highest BCUT2D eigenvalue weighted by Crippen LogP contribution is 2.46. The Balaban J connectivity index is 2.15. The van der Waals surface area contributed by atoms with Crippen molar-refractivity contribution in [3.05, 3.63) is 52.5 Å². The molecule has 1 saturated heterocycles. The van der Waals surface area contributed by atoms with Gasteiger partial charge in [0, 0.05) is 17.1 Å². The summed E-state index contributed by atoms with van der Waals surface area (Å²) >= 11 is 6.29. The Kier molecular flexibility index (Phi) is 6.87. The molecule has 1 N–H and O–H groups in total. The van der Waals surface area contributed by atoms with E-state index in [0.29, 0.717) is 35.2 Å². The zero-order valence-electron chi connectivity index (χ0n) is 16.9. The summed E-state index contributed by atoms with van der Waals surface area (Å²) < 4.78 is 16.7. The zero-order chi connectivity index (χ0) is 21.0. The molecule has 0 aromatic heterocycles. The second-order valence-corrected chi connectivity index (χ2v) is 7.49. The predicted octanol–water partition coefficient (Wildman–Crippen LogP) is 4.25. The van der Waals surface area contributed by atoms with Crippen LogP contribution in [0.3, 0.4) is 0 Å². The van der Waals surface area contributed by atoms with Gasteiger partial charge in [0.1, 0.15) is 0 Å². The van der Waals surface area contributed by atoms with Crippen LogP contribution in [0.15, 0.2) is 36.4 Å². The van der Waals surface area contributed by atoms with Gasteiger partial charge in [-0.1, -0.05) is 23.7 Å². The molecule has 1 heterocycles. The van der Waals surface area contributed by atoms with Crippen LogP contribution in [0.1, 0.15) is 30.0 Å². The van der Waals surface area contributed by atoms with Crippen molar-refractivity contribution in [1.82, 2.24) is 4.90 Å². The number of halogens is 1. The molecule has 6 nitrogen and oxygen atoms in total. The van der Waals surface area contributed by atoms with Crippen LogP contribution in [0, 0.1) is 5.92 Å². The third-order valence-electron chi connectivity index (χ3n) is 5.36. The van der Waals surface area contributed by atoms with Crippen molar-refractivity contribution in [1.29, 1.82) is 0 Å². The number of piperidine rings is 1. The third-order valence-corrected chi connectivity index (χ3v) is 5.60. The lowest BCUT2D eigenvalue weighted by Gasteiger charge is -2.38. The molecule has 2 aromatic carbocycles. The Morgan fingerprint density at radius 1 is 1.14 bits per heavy atom. The molecule has 1 aliphatic rings. The number of likely N-dealkylation sites (tertiary alicyclic amines) is 1. The lowest BCUT2D eigenvalue weighted by atomic mass is 9.90. The van der Waals surface area contributed by atoms with E-state index >= 15 is 0 Å². The average molecular weight is 420 g/mol. The molecule has 0 saturated carbocycles. The van der Waals surface area contributed by atoms with Crippen molar-refractivity contribution in [2.75, 3.05) is 34.4 Å². The van der Waals surface area contributed by atoms with E-state index in [4.69, 9.17) is 25.8 Å². The maximum atomic E-state index is 11.6. The molecule has 0 radical (unpaired) electrons. The highest BCUT2D eigenvalue weighted by molar-refractivity contribution is 6.30. The van der Waals surface area contributed by atoms with Crippen LogP contribution in [0.2, 0.25) is 5.02 Å². The summed E-state index contributed by atoms with van der Waals surface area (Å²) in [4.78, 5) is 13.8. The summed E-state index contributed by atoms with van der Waals surface area (Å²) in [6.45, 7) is 1.22. The number of rotatable bonds is 7. The van der Waals surface area contributed by atoms with E-state index in [1.807, 2.05) is 36.4 Å². The number of hydrogen-bond acceptors (Lipinski definition) is 5. The van der Waals surface area contributed by atoms with Crippen LogP contribution in [0.25, 0.3) is 0 Å². The molecule has 0 bridgehead atoms. The van der Waals surface area contributed by atoms with E-state index in [1.165, 1.54) is 0 Å². The second kappa shape index (κ2) is 9.37. The van der Waals surface area contributed by atoms with Crippen LogP contribution in [-0.4, -0.2) is 50.4 Å². The monoisotopic (exact) mass is 419 g/mol. The summed E-state index contributed by atoms with van der Waals surface area (Å²) in [5.74, 6) is 0.469. The number of methoxy groups -OCH3 is 3. The topological polar surface area (TPSA) is 68.2 Å². The number of benzene rings is 2. The summed E-state index contributed by atoms with van der Waals surface area (Å²) in [6, 6.07) is 11.2. The van der Waals surface area contributed by atoms with Gasteiger partial charge >= 0.3 is 5.97 Å². The Morgan fingerprint density at radius 3 is 2.52 bits per heavy atom. The Morgan fingerprint density at radius 2 is 1.90 bits per heavy atom. The molecule has 3 rings (SSSR count). The highest BCUT2D eigenvalue weighted by Gasteiger charge is 2.34. The quantitative estimate of drug-likeness (QED) is 0.723. The molecule has 1 aliphatic heterocycles. The minimum atomic E-state index is -0.765. The largest absolute Gasteiger partial charge is 0.493 e. The molecule has 29 heavy (non-hydrogen) atoms. The van der Waals surface area contributed by atoms with Gasteiger partial charge in [-0.15, -0.1) is 0 Å². The van der Waals surface area contributed by atoms with E-state index < -0.39 is 11.9 Å². The summed E-state index contributed by atoms with van der Waals surface area (Å²) in [5.41, 5.74) is 1.84. The van der Waals surface area contributed by atoms with Gasteiger partial charge in [-0.3, -0.25) is 9.69 Å². The molecule has 0 spiro atoms. The lowest BCUT2D eigenvalue weighted by Crippen LogP contribution is -2.41. The van der Waals surface area contributed by atoms with Crippen molar-refractivity contribution in [2.45, 2.75) is 18.9 Å². The van der Waals surface area contributed by atoms with E-state index in [0.717, 1.165) is 24.1 Å². The van der Waals surface area contributed by atoms with Gasteiger partial charge in [-0.05, 0) is 49.2 Å². The maximum Gasteiger partial charge on any atom is 0.307 e. The number of carboxylic acid groups (broad SMARTS) is 1. The van der Waals surface area contributed by atoms with E-state index in [2.05, 4.69) is 4.90 Å². The molecule has 2 atom stereocenters. The fourth-order valence-electron chi connectivity index (χ4n) is 4.05. The van der Waals surface area contributed by atoms with Gasteiger partial charge in [0.25, 0.3) is 0 Å². The third kappa shape index (κ3) is 4.43. The number of aliphatic carboxylic acids is 1. The first-order valence-electron chi connectivity index (χ1n) is 9.51. The minimum absolute atomic E-state index is 0.231. The zero-order valence-corrected chi connectivity index (χ0v) is 17.6. The second-order valence-electron chi connectivity index (χ2n) is 7.05. The fourth-order valence-corrected chi connectivity index (χ4v) is 4.24. The van der Waals surface area contributed by atoms with Crippen LogP contribution in [-0.2, 0) is 4.79 Å². The molecular weight excluding hydrogens is 394 g/mol. The standard InChI is InChI=1S/C22H26ClNO5/c1-27-18-10-9-17(20(28-2)21(18)29-3)19(14-6-4-8-16(23)12-14)24-11-5-7-15(13-24)22(25)26/h4,6,8-10,12,15,19H,5,7,11,13H2,1-3H3,(H,25,26). The SMILES string of the molecule is COc1ccc(C(c2cccc(Cl)c2)N2CCCC(C(=O)O)C2)c(OC)c1OC. The summed E-state index contributed by atoms with van der Waals surface area (Å²) in [6.07, 6.45) is 1.49. The Bertz CT molecular complexity index is 872. The number of ether oxygens (including phenoxy) is 3.